The molecule has 1 aliphatic rings. The van der Waals surface area contributed by atoms with Gasteiger partial charge in [0.05, 0.1) is 6.54 Å². The van der Waals surface area contributed by atoms with Gasteiger partial charge in [-0.15, -0.1) is 0 Å². The molecule has 4 amide bonds. The van der Waals surface area contributed by atoms with Crippen LogP contribution in [0.1, 0.15) is 15.9 Å². The van der Waals surface area contributed by atoms with E-state index in [2.05, 4.69) is 0 Å². The molecule has 0 aromatic heterocycles. The molecule has 2 N–H and O–H groups in total. The monoisotopic (exact) mass is 263 g/mol. The van der Waals surface area contributed by atoms with E-state index in [1.807, 2.05) is 0 Å². The Balaban J connectivity index is 2.10. The maximum absolute atomic E-state index is 11.7. The normalized spacial score (nSPS) is 15.1. The Morgan fingerprint density at radius 2 is 1.95 bits per heavy atom. The largest absolute Gasteiger partial charge is 0.327 e. The molecule has 1 aromatic carbocycles. The van der Waals surface area contributed by atoms with Gasteiger partial charge in [-0.2, -0.15) is 0 Å². The van der Waals surface area contributed by atoms with Gasteiger partial charge in [-0.1, -0.05) is 12.1 Å². The number of nitrogens with zero attached hydrogens (tertiary/aromatic N) is 2. The first-order valence-electron chi connectivity index (χ1n) is 5.61. The van der Waals surface area contributed by atoms with Gasteiger partial charge in [0.2, 0.25) is 0 Å². The van der Waals surface area contributed by atoms with E-state index in [0.717, 1.165) is 10.5 Å². The van der Waals surface area contributed by atoms with Crippen molar-refractivity contribution < 1.29 is 19.6 Å². The first kappa shape index (κ1) is 13.0. The Kier molecular flexibility index (Phi) is 3.48. The summed E-state index contributed by atoms with van der Waals surface area (Å²) in [5, 5.41) is 8.48. The van der Waals surface area contributed by atoms with Crippen molar-refractivity contribution in [2.24, 2.45) is 0 Å². The predicted molar refractivity (Wildman–Crippen MR) is 64.3 cm³/mol. The molecular formula is C12H13N3O4. The van der Waals surface area contributed by atoms with Gasteiger partial charge in [0.25, 0.3) is 11.8 Å². The highest BCUT2D eigenvalue weighted by molar-refractivity contribution is 6.01. The van der Waals surface area contributed by atoms with Crippen LogP contribution in [0.15, 0.2) is 24.3 Å². The van der Waals surface area contributed by atoms with Crippen LogP contribution < -0.4 is 5.48 Å². The van der Waals surface area contributed by atoms with Crippen LogP contribution in [0.5, 0.6) is 0 Å². The zero-order chi connectivity index (χ0) is 14.0. The Morgan fingerprint density at radius 3 is 2.42 bits per heavy atom. The number of hydrogen-bond donors (Lipinski definition) is 2. The molecule has 0 unspecified atom stereocenters. The van der Waals surface area contributed by atoms with E-state index < -0.39 is 5.91 Å². The standard InChI is InChI=1S/C12H13N3O4/c1-14-7-10(16)15(12(14)18)6-8-2-4-9(5-3-8)11(17)13-19/h2-5,19H,6-7H2,1H3,(H,13,17). The van der Waals surface area contributed by atoms with Crippen LogP contribution in [0.3, 0.4) is 0 Å². The topological polar surface area (TPSA) is 90.0 Å². The summed E-state index contributed by atoms with van der Waals surface area (Å²) >= 11 is 0. The second-order valence-corrected chi connectivity index (χ2v) is 4.26. The smallest absolute Gasteiger partial charge is 0.318 e. The molecule has 1 aliphatic heterocycles. The van der Waals surface area contributed by atoms with Gasteiger partial charge in [0.1, 0.15) is 6.54 Å². The summed E-state index contributed by atoms with van der Waals surface area (Å²) in [4.78, 5) is 36.9. The molecule has 0 aliphatic carbocycles. The highest BCUT2D eigenvalue weighted by atomic mass is 16.5. The number of amides is 4. The third kappa shape index (κ3) is 2.55. The lowest BCUT2D eigenvalue weighted by Gasteiger charge is -2.14. The van der Waals surface area contributed by atoms with Crippen molar-refractivity contribution in [3.8, 4) is 0 Å². The minimum atomic E-state index is -0.611. The van der Waals surface area contributed by atoms with Crippen molar-refractivity contribution in [1.82, 2.24) is 15.3 Å². The number of nitrogens with one attached hydrogen (secondary N) is 1. The maximum atomic E-state index is 11.7. The van der Waals surface area contributed by atoms with Gasteiger partial charge in [0.15, 0.2) is 0 Å². The SMILES string of the molecule is CN1CC(=O)N(Cc2ccc(C(=O)NO)cc2)C1=O. The molecule has 7 nitrogen and oxygen atoms in total. The second-order valence-electron chi connectivity index (χ2n) is 4.26. The first-order valence-corrected chi connectivity index (χ1v) is 5.61. The Morgan fingerprint density at radius 1 is 1.32 bits per heavy atom. The molecule has 7 heteroatoms. The number of benzene rings is 1. The van der Waals surface area contributed by atoms with E-state index in [9.17, 15) is 14.4 Å². The van der Waals surface area contributed by atoms with Crippen molar-refractivity contribution in [2.75, 3.05) is 13.6 Å². The van der Waals surface area contributed by atoms with Gasteiger partial charge in [-0.05, 0) is 17.7 Å². The quantitative estimate of drug-likeness (QED) is 0.463. The van der Waals surface area contributed by atoms with E-state index in [-0.39, 0.29) is 25.0 Å². The minimum Gasteiger partial charge on any atom is -0.318 e. The Bertz CT molecular complexity index is 526. The third-order valence-electron chi connectivity index (χ3n) is 2.89. The average Bonchev–Trinajstić information content (AvgIpc) is 2.65. The molecule has 0 spiro atoms. The molecule has 0 bridgehead atoms. The van der Waals surface area contributed by atoms with Crippen LogP contribution in [-0.4, -0.2) is 46.4 Å². The number of carbonyl (C=O) groups is 3. The number of rotatable bonds is 3. The number of likely N-dealkylation sites (N-methyl/N-ethyl adjacent to an activating group) is 1. The molecule has 0 atom stereocenters. The summed E-state index contributed by atoms with van der Waals surface area (Å²) in [7, 11) is 1.56. The lowest BCUT2D eigenvalue weighted by atomic mass is 10.1. The summed E-state index contributed by atoms with van der Waals surface area (Å²) in [6, 6.07) is 5.94. The van der Waals surface area contributed by atoms with E-state index in [4.69, 9.17) is 5.21 Å². The van der Waals surface area contributed by atoms with Crippen LogP contribution in [0.2, 0.25) is 0 Å². The zero-order valence-corrected chi connectivity index (χ0v) is 10.3. The van der Waals surface area contributed by atoms with Crippen molar-refractivity contribution in [2.45, 2.75) is 6.54 Å². The minimum absolute atomic E-state index is 0.0871. The molecule has 1 saturated heterocycles. The lowest BCUT2D eigenvalue weighted by molar-refractivity contribution is -0.125. The first-order chi connectivity index (χ1) is 9.02. The van der Waals surface area contributed by atoms with Crippen LogP contribution in [0, 0.1) is 0 Å². The van der Waals surface area contributed by atoms with Crippen LogP contribution in [0.4, 0.5) is 4.79 Å². The zero-order valence-electron chi connectivity index (χ0n) is 10.3. The molecule has 100 valence electrons. The van der Waals surface area contributed by atoms with Crippen molar-refractivity contribution in [1.29, 1.82) is 0 Å². The number of imide groups is 1. The predicted octanol–water partition coefficient (Wildman–Crippen LogP) is 0.200. The van der Waals surface area contributed by atoms with Crippen LogP contribution >= 0.6 is 0 Å². The fraction of sp³-hybridized carbons (Fsp3) is 0.250. The Labute approximate surface area is 109 Å². The number of hydroxylamine groups is 1. The Hall–Kier alpha value is -2.41. The maximum Gasteiger partial charge on any atom is 0.327 e. The second kappa shape index (κ2) is 5.07. The highest BCUT2D eigenvalue weighted by Crippen LogP contribution is 2.13. The molecule has 1 fully saturated rings. The molecule has 0 radical (unpaired) electrons. The molecule has 1 heterocycles. The van der Waals surface area contributed by atoms with Crippen LogP contribution in [0.25, 0.3) is 0 Å². The molecule has 19 heavy (non-hydrogen) atoms. The number of hydrogen-bond acceptors (Lipinski definition) is 4. The van der Waals surface area contributed by atoms with Crippen molar-refractivity contribution in [3.05, 3.63) is 35.4 Å². The van der Waals surface area contributed by atoms with Gasteiger partial charge in [-0.25, -0.2) is 10.3 Å². The summed E-state index contributed by atoms with van der Waals surface area (Å²) in [6.07, 6.45) is 0. The van der Waals surface area contributed by atoms with Gasteiger partial charge >= 0.3 is 6.03 Å². The summed E-state index contributed by atoms with van der Waals surface area (Å²) in [6.45, 7) is 0.257. The van der Waals surface area contributed by atoms with E-state index in [1.165, 1.54) is 22.5 Å². The van der Waals surface area contributed by atoms with E-state index in [0.29, 0.717) is 5.56 Å². The average molecular weight is 263 g/mol. The van der Waals surface area contributed by atoms with E-state index in [1.54, 1.807) is 19.2 Å². The fourth-order valence-electron chi connectivity index (χ4n) is 1.83. The van der Waals surface area contributed by atoms with E-state index >= 15 is 0 Å². The van der Waals surface area contributed by atoms with Gasteiger partial charge in [-0.3, -0.25) is 19.7 Å². The summed E-state index contributed by atoms with van der Waals surface area (Å²) in [5.74, 6) is -0.857. The van der Waals surface area contributed by atoms with Crippen molar-refractivity contribution in [3.63, 3.8) is 0 Å². The molecule has 1 aromatic rings. The number of urea groups is 1. The van der Waals surface area contributed by atoms with Crippen LogP contribution in [-0.2, 0) is 11.3 Å². The highest BCUT2D eigenvalue weighted by Gasteiger charge is 2.33. The van der Waals surface area contributed by atoms with Gasteiger partial charge < -0.3 is 4.90 Å². The molecule has 2 rings (SSSR count). The molecular weight excluding hydrogens is 250 g/mol. The summed E-state index contributed by atoms with van der Waals surface area (Å²) in [5.41, 5.74) is 2.55. The summed E-state index contributed by atoms with van der Waals surface area (Å²) < 4.78 is 0. The van der Waals surface area contributed by atoms with Crippen molar-refractivity contribution >= 4 is 17.8 Å². The van der Waals surface area contributed by atoms with Gasteiger partial charge in [0, 0.05) is 12.6 Å². The lowest BCUT2D eigenvalue weighted by Crippen LogP contribution is -2.31. The number of carbonyl (C=O) groups excluding carboxylic acids is 3. The molecule has 0 saturated carbocycles. The fourth-order valence-corrected chi connectivity index (χ4v) is 1.83. The third-order valence-corrected chi connectivity index (χ3v) is 2.89.